The molecule has 1 aromatic heterocycles. The average Bonchev–Trinajstić information content (AvgIpc) is 3.13. The minimum atomic E-state index is -0.233. The van der Waals surface area contributed by atoms with E-state index in [0.29, 0.717) is 22.3 Å². The molecule has 31 heavy (non-hydrogen) atoms. The van der Waals surface area contributed by atoms with E-state index in [1.165, 1.54) is 11.8 Å². The monoisotopic (exact) mass is 505 g/mol. The lowest BCUT2D eigenvalue weighted by atomic mass is 10.2. The number of hydrogen-bond donors (Lipinski definition) is 3. The van der Waals surface area contributed by atoms with Crippen LogP contribution >= 0.6 is 27.7 Å². The molecular formula is C19H20BrN7O3S. The number of halogens is 1. The maximum absolute atomic E-state index is 12.3. The number of thioether (sulfide) groups is 1. The number of nitrogens with one attached hydrogen (secondary N) is 2. The Kier molecular flexibility index (Phi) is 7.73. The van der Waals surface area contributed by atoms with E-state index in [2.05, 4.69) is 42.0 Å². The van der Waals surface area contributed by atoms with Crippen LogP contribution in [0.4, 0.5) is 11.6 Å². The molecule has 3 aromatic rings. The summed E-state index contributed by atoms with van der Waals surface area (Å²) in [6, 6.07) is 12.7. The number of rotatable bonds is 9. The van der Waals surface area contributed by atoms with Crippen molar-refractivity contribution in [2.24, 2.45) is 5.10 Å². The van der Waals surface area contributed by atoms with Gasteiger partial charge in [0, 0.05) is 16.2 Å². The van der Waals surface area contributed by atoms with Crippen LogP contribution in [0, 0.1) is 0 Å². The zero-order chi connectivity index (χ0) is 22.2. The van der Waals surface area contributed by atoms with E-state index in [1.54, 1.807) is 31.5 Å². The molecule has 0 radical (unpaired) electrons. The Hall–Kier alpha value is -3.25. The van der Waals surface area contributed by atoms with E-state index in [-0.39, 0.29) is 17.6 Å². The Labute approximate surface area is 191 Å². The Morgan fingerprint density at radius 2 is 1.94 bits per heavy atom. The van der Waals surface area contributed by atoms with Crippen LogP contribution in [-0.2, 0) is 4.79 Å². The van der Waals surface area contributed by atoms with Crippen molar-refractivity contribution in [3.63, 3.8) is 0 Å². The Morgan fingerprint density at radius 1 is 1.19 bits per heavy atom. The van der Waals surface area contributed by atoms with Gasteiger partial charge in [0.1, 0.15) is 0 Å². The second kappa shape index (κ2) is 10.7. The number of carbonyl (C=O) groups is 1. The van der Waals surface area contributed by atoms with Crippen molar-refractivity contribution in [1.29, 1.82) is 0 Å². The number of carbonyl (C=O) groups excluding carboxylic acids is 1. The van der Waals surface area contributed by atoms with Gasteiger partial charge in [0.05, 0.1) is 26.2 Å². The van der Waals surface area contributed by atoms with Crippen molar-refractivity contribution in [2.45, 2.75) is 5.16 Å². The molecule has 4 N–H and O–H groups in total. The molecule has 0 aliphatic heterocycles. The highest BCUT2D eigenvalue weighted by Crippen LogP contribution is 2.29. The maximum Gasteiger partial charge on any atom is 0.264 e. The molecule has 0 saturated heterocycles. The fraction of sp³-hybridized carbons (Fsp3) is 0.158. The summed E-state index contributed by atoms with van der Waals surface area (Å²) in [6.07, 6.45) is 1.63. The third-order valence-corrected chi connectivity index (χ3v) is 5.38. The molecule has 0 aliphatic carbocycles. The molecule has 0 spiro atoms. The first-order chi connectivity index (χ1) is 15.0. The predicted molar refractivity (Wildman–Crippen MR) is 124 cm³/mol. The average molecular weight is 506 g/mol. The molecular weight excluding hydrogens is 486 g/mol. The van der Waals surface area contributed by atoms with Crippen LogP contribution in [0.15, 0.2) is 57.2 Å². The Bertz CT molecular complexity index is 1070. The molecule has 2 aromatic carbocycles. The maximum atomic E-state index is 12.3. The summed E-state index contributed by atoms with van der Waals surface area (Å²) in [4.78, 5) is 12.3. The van der Waals surface area contributed by atoms with Gasteiger partial charge in [-0.15, -0.1) is 10.2 Å². The van der Waals surface area contributed by atoms with Crippen molar-refractivity contribution in [3.05, 3.63) is 52.5 Å². The number of nitrogens with zero attached hydrogens (tertiary/aromatic N) is 4. The summed E-state index contributed by atoms with van der Waals surface area (Å²) in [7, 11) is 3.08. The second-order valence-electron chi connectivity index (χ2n) is 6.00. The van der Waals surface area contributed by atoms with Crippen molar-refractivity contribution in [3.8, 4) is 11.5 Å². The quantitative estimate of drug-likeness (QED) is 0.175. The van der Waals surface area contributed by atoms with Crippen LogP contribution in [-0.4, -0.2) is 47.0 Å². The van der Waals surface area contributed by atoms with Gasteiger partial charge in [-0.1, -0.05) is 39.8 Å². The third-order valence-electron chi connectivity index (χ3n) is 3.91. The predicted octanol–water partition coefficient (Wildman–Crippen LogP) is 2.95. The van der Waals surface area contributed by atoms with Gasteiger partial charge in [0.25, 0.3) is 5.95 Å². The van der Waals surface area contributed by atoms with Gasteiger partial charge < -0.3 is 20.6 Å². The smallest absolute Gasteiger partial charge is 0.264 e. The van der Waals surface area contributed by atoms with Crippen LogP contribution < -0.4 is 26.1 Å². The largest absolute Gasteiger partial charge is 0.493 e. The highest BCUT2D eigenvalue weighted by atomic mass is 79.9. The van der Waals surface area contributed by atoms with E-state index in [9.17, 15) is 4.79 Å². The Balaban J connectivity index is 1.53. The zero-order valence-electron chi connectivity index (χ0n) is 16.7. The molecule has 1 amide bonds. The fourth-order valence-corrected chi connectivity index (χ4v) is 3.33. The van der Waals surface area contributed by atoms with E-state index in [0.717, 1.165) is 21.8 Å². The molecule has 10 nitrogen and oxygen atoms in total. The Morgan fingerprint density at radius 3 is 2.65 bits per heavy atom. The SMILES string of the molecule is COc1ccc(NC(=O)CSc2nnc(N/N=C/c3ccc(Br)cc3)n2N)cc1OC. The number of ether oxygens (including phenoxy) is 2. The molecule has 0 bridgehead atoms. The number of methoxy groups -OCH3 is 2. The number of nitrogen functional groups attached to an aromatic ring is 1. The standard InChI is InChI=1S/C19H20BrN7O3S/c1-29-15-8-7-14(9-16(15)30-2)23-17(28)11-31-19-26-25-18(27(19)21)24-22-10-12-3-5-13(20)6-4-12/h3-10H,11,21H2,1-2H3,(H,23,28)(H,24,25)/b22-10+. The first-order valence-electron chi connectivity index (χ1n) is 8.90. The van der Waals surface area contributed by atoms with Crippen molar-refractivity contribution < 1.29 is 14.3 Å². The second-order valence-corrected chi connectivity index (χ2v) is 7.86. The zero-order valence-corrected chi connectivity index (χ0v) is 19.1. The van der Waals surface area contributed by atoms with Crippen LogP contribution in [0.25, 0.3) is 0 Å². The number of aromatic nitrogens is 3. The summed E-state index contributed by atoms with van der Waals surface area (Å²) in [5.41, 5.74) is 4.22. The number of amides is 1. The molecule has 0 aliphatic rings. The van der Waals surface area contributed by atoms with E-state index in [4.69, 9.17) is 15.3 Å². The summed E-state index contributed by atoms with van der Waals surface area (Å²) in [5.74, 6) is 7.18. The summed E-state index contributed by atoms with van der Waals surface area (Å²) in [5, 5.41) is 15.2. The van der Waals surface area contributed by atoms with Gasteiger partial charge in [-0.2, -0.15) is 5.10 Å². The molecule has 1 heterocycles. The van der Waals surface area contributed by atoms with E-state index < -0.39 is 0 Å². The first kappa shape index (κ1) is 22.4. The van der Waals surface area contributed by atoms with Gasteiger partial charge in [-0.05, 0) is 29.8 Å². The topological polar surface area (TPSA) is 129 Å². The van der Waals surface area contributed by atoms with Gasteiger partial charge in [-0.3, -0.25) is 4.79 Å². The van der Waals surface area contributed by atoms with Gasteiger partial charge >= 0.3 is 0 Å². The minimum absolute atomic E-state index is 0.0891. The normalized spacial score (nSPS) is 10.8. The van der Waals surface area contributed by atoms with Crippen LogP contribution in [0.5, 0.6) is 11.5 Å². The fourth-order valence-electron chi connectivity index (χ4n) is 2.41. The number of anilines is 2. The molecule has 12 heteroatoms. The van der Waals surface area contributed by atoms with Crippen LogP contribution in [0.3, 0.4) is 0 Å². The van der Waals surface area contributed by atoms with Gasteiger partial charge in [0.2, 0.25) is 11.1 Å². The lowest BCUT2D eigenvalue weighted by Crippen LogP contribution is -2.17. The number of hydrogen-bond acceptors (Lipinski definition) is 9. The number of nitrogens with two attached hydrogens (primary N) is 1. The summed E-state index contributed by atoms with van der Waals surface area (Å²) < 4.78 is 12.6. The highest BCUT2D eigenvalue weighted by molar-refractivity contribution is 9.10. The molecule has 3 rings (SSSR count). The summed E-state index contributed by atoms with van der Waals surface area (Å²) in [6.45, 7) is 0. The van der Waals surface area contributed by atoms with Crippen LogP contribution in [0.1, 0.15) is 5.56 Å². The first-order valence-corrected chi connectivity index (χ1v) is 10.7. The van der Waals surface area contributed by atoms with Crippen LogP contribution in [0.2, 0.25) is 0 Å². The highest BCUT2D eigenvalue weighted by Gasteiger charge is 2.13. The third kappa shape index (κ3) is 6.12. The van der Waals surface area contributed by atoms with Crippen molar-refractivity contribution in [2.75, 3.05) is 36.6 Å². The minimum Gasteiger partial charge on any atom is -0.493 e. The molecule has 0 unspecified atom stereocenters. The molecule has 0 saturated carbocycles. The lowest BCUT2D eigenvalue weighted by Gasteiger charge is -2.10. The van der Waals surface area contributed by atoms with Crippen molar-refractivity contribution >= 4 is 51.4 Å². The number of benzene rings is 2. The van der Waals surface area contributed by atoms with Gasteiger partial charge in [0.15, 0.2) is 11.5 Å². The molecule has 162 valence electrons. The van der Waals surface area contributed by atoms with E-state index in [1.807, 2.05) is 24.3 Å². The number of hydrazone groups is 1. The summed E-state index contributed by atoms with van der Waals surface area (Å²) >= 11 is 4.52. The lowest BCUT2D eigenvalue weighted by molar-refractivity contribution is -0.113. The molecule has 0 atom stereocenters. The van der Waals surface area contributed by atoms with E-state index >= 15 is 0 Å². The van der Waals surface area contributed by atoms with Crippen molar-refractivity contribution in [1.82, 2.24) is 14.9 Å². The molecule has 0 fully saturated rings. The van der Waals surface area contributed by atoms with Gasteiger partial charge in [-0.25, -0.2) is 10.1 Å².